The average Bonchev–Trinajstić information content (AvgIpc) is 3.20. The van der Waals surface area contributed by atoms with Crippen molar-refractivity contribution >= 4 is 0 Å². The normalized spacial score (nSPS) is 13.9. The van der Waals surface area contributed by atoms with E-state index in [1.807, 2.05) is 6.92 Å². The van der Waals surface area contributed by atoms with E-state index in [1.54, 1.807) is 29.9 Å². The topological polar surface area (TPSA) is 62.3 Å². The number of benzene rings is 1. The molecular formula is C18H18FN3O3. The third kappa shape index (κ3) is 3.35. The van der Waals surface area contributed by atoms with Crippen molar-refractivity contribution in [1.82, 2.24) is 14.8 Å². The first-order valence-electron chi connectivity index (χ1n) is 8.16. The Morgan fingerprint density at radius 2 is 2.20 bits per heavy atom. The van der Waals surface area contributed by atoms with Gasteiger partial charge < -0.3 is 13.9 Å². The summed E-state index contributed by atoms with van der Waals surface area (Å²) in [4.78, 5) is 4.20. The van der Waals surface area contributed by atoms with Gasteiger partial charge in [-0.25, -0.2) is 14.1 Å². The number of ether oxygens (including phenoxy) is 2. The summed E-state index contributed by atoms with van der Waals surface area (Å²) in [6, 6.07) is 6.47. The highest BCUT2D eigenvalue weighted by Crippen LogP contribution is 2.36. The third-order valence-corrected chi connectivity index (χ3v) is 4.01. The Morgan fingerprint density at radius 1 is 1.36 bits per heavy atom. The van der Waals surface area contributed by atoms with E-state index in [9.17, 15) is 4.39 Å². The number of hydrogen-bond acceptors (Lipinski definition) is 5. The molecule has 0 bridgehead atoms. The van der Waals surface area contributed by atoms with Gasteiger partial charge >= 0.3 is 5.95 Å². The maximum absolute atomic E-state index is 14.2. The van der Waals surface area contributed by atoms with Crippen LogP contribution < -0.4 is 9.47 Å². The Balaban J connectivity index is 1.59. The van der Waals surface area contributed by atoms with E-state index in [-0.39, 0.29) is 17.6 Å². The Kier molecular flexibility index (Phi) is 3.91. The van der Waals surface area contributed by atoms with E-state index in [0.29, 0.717) is 24.0 Å². The molecule has 1 fully saturated rings. The molecule has 130 valence electrons. The van der Waals surface area contributed by atoms with Gasteiger partial charge in [0, 0.05) is 13.1 Å². The van der Waals surface area contributed by atoms with Crippen LogP contribution >= 0.6 is 0 Å². The van der Waals surface area contributed by atoms with E-state index in [0.717, 1.165) is 18.5 Å². The van der Waals surface area contributed by atoms with Crippen LogP contribution in [0.4, 0.5) is 4.39 Å². The highest BCUT2D eigenvalue weighted by molar-refractivity contribution is 5.63. The number of oxazole rings is 1. The number of aromatic nitrogens is 3. The molecule has 0 saturated heterocycles. The standard InChI is InChI=1S/C18H18FN3O3/c1-11-8-15(22(2)21-11)24-16-9-20-18(25-16)13-4-3-5-14(19)17(13)23-10-12-6-7-12/h3-5,8-9,12H,6-7,10H2,1-2H3. The summed E-state index contributed by atoms with van der Waals surface area (Å²) in [5, 5.41) is 4.20. The van der Waals surface area contributed by atoms with Crippen molar-refractivity contribution in [2.24, 2.45) is 13.0 Å². The minimum absolute atomic E-state index is 0.166. The molecule has 0 spiro atoms. The average molecular weight is 343 g/mol. The zero-order valence-electron chi connectivity index (χ0n) is 14.0. The largest absolute Gasteiger partial charge is 0.489 e. The molecule has 0 atom stereocenters. The molecule has 1 aliphatic rings. The van der Waals surface area contributed by atoms with Gasteiger partial charge in [0.25, 0.3) is 0 Å². The minimum Gasteiger partial charge on any atom is -0.489 e. The molecule has 1 saturated carbocycles. The van der Waals surface area contributed by atoms with E-state index < -0.39 is 5.82 Å². The van der Waals surface area contributed by atoms with E-state index in [4.69, 9.17) is 13.9 Å². The van der Waals surface area contributed by atoms with Crippen LogP contribution in [0.1, 0.15) is 18.5 Å². The smallest absolute Gasteiger partial charge is 0.312 e. The molecule has 0 aliphatic heterocycles. The van der Waals surface area contributed by atoms with Crippen molar-refractivity contribution in [3.8, 4) is 29.0 Å². The molecular weight excluding hydrogens is 325 g/mol. The Hall–Kier alpha value is -2.83. The second-order valence-electron chi connectivity index (χ2n) is 6.20. The molecule has 2 aromatic heterocycles. The molecule has 2 heterocycles. The van der Waals surface area contributed by atoms with Crippen molar-refractivity contribution < 1.29 is 18.3 Å². The van der Waals surface area contributed by atoms with Crippen LogP contribution in [0.15, 0.2) is 34.9 Å². The quantitative estimate of drug-likeness (QED) is 0.674. The zero-order valence-corrected chi connectivity index (χ0v) is 14.0. The SMILES string of the molecule is Cc1cc(Oc2cnc(-c3cccc(F)c3OCC3CC3)o2)n(C)n1. The lowest BCUT2D eigenvalue weighted by atomic mass is 10.2. The molecule has 1 aliphatic carbocycles. The summed E-state index contributed by atoms with van der Waals surface area (Å²) in [7, 11) is 1.77. The number of para-hydroxylation sites is 1. The predicted octanol–water partition coefficient (Wildman–Crippen LogP) is 4.10. The van der Waals surface area contributed by atoms with Gasteiger partial charge in [0.05, 0.1) is 17.9 Å². The van der Waals surface area contributed by atoms with Crippen LogP contribution in [-0.4, -0.2) is 21.4 Å². The van der Waals surface area contributed by atoms with Gasteiger partial charge in [0.1, 0.15) is 6.20 Å². The molecule has 0 amide bonds. The van der Waals surface area contributed by atoms with Gasteiger partial charge in [0.15, 0.2) is 11.6 Å². The number of nitrogens with zero attached hydrogens (tertiary/aromatic N) is 3. The molecule has 25 heavy (non-hydrogen) atoms. The van der Waals surface area contributed by atoms with Crippen LogP contribution in [0.5, 0.6) is 17.6 Å². The van der Waals surface area contributed by atoms with Gasteiger partial charge in [-0.2, -0.15) is 5.10 Å². The highest BCUT2D eigenvalue weighted by atomic mass is 19.1. The lowest BCUT2D eigenvalue weighted by Crippen LogP contribution is -2.02. The van der Waals surface area contributed by atoms with Crippen LogP contribution in [0.2, 0.25) is 0 Å². The number of aryl methyl sites for hydroxylation is 2. The van der Waals surface area contributed by atoms with E-state index in [2.05, 4.69) is 10.1 Å². The molecule has 0 unspecified atom stereocenters. The fourth-order valence-electron chi connectivity index (χ4n) is 2.53. The van der Waals surface area contributed by atoms with Crippen molar-refractivity contribution in [2.75, 3.05) is 6.61 Å². The minimum atomic E-state index is -0.430. The van der Waals surface area contributed by atoms with Crippen LogP contribution in [0.3, 0.4) is 0 Å². The number of hydrogen-bond donors (Lipinski definition) is 0. The molecule has 0 radical (unpaired) electrons. The van der Waals surface area contributed by atoms with Gasteiger partial charge in [0.2, 0.25) is 11.8 Å². The second kappa shape index (κ2) is 6.23. The monoisotopic (exact) mass is 343 g/mol. The first-order valence-corrected chi connectivity index (χ1v) is 8.16. The van der Waals surface area contributed by atoms with Gasteiger partial charge in [-0.1, -0.05) is 6.07 Å². The summed E-state index contributed by atoms with van der Waals surface area (Å²) >= 11 is 0. The first kappa shape index (κ1) is 15.7. The van der Waals surface area contributed by atoms with Gasteiger partial charge in [-0.3, -0.25) is 0 Å². The van der Waals surface area contributed by atoms with E-state index in [1.165, 1.54) is 12.3 Å². The summed E-state index contributed by atoms with van der Waals surface area (Å²) in [6.45, 7) is 2.38. The lowest BCUT2D eigenvalue weighted by molar-refractivity contribution is 0.285. The Morgan fingerprint density at radius 3 is 2.92 bits per heavy atom. The summed E-state index contributed by atoms with van der Waals surface area (Å²) in [5.74, 6) is 1.24. The molecule has 6 nitrogen and oxygen atoms in total. The van der Waals surface area contributed by atoms with Crippen molar-refractivity contribution in [3.63, 3.8) is 0 Å². The summed E-state index contributed by atoms with van der Waals surface area (Å²) in [5.41, 5.74) is 1.30. The lowest BCUT2D eigenvalue weighted by Gasteiger charge is -2.09. The predicted molar refractivity (Wildman–Crippen MR) is 88.1 cm³/mol. The van der Waals surface area contributed by atoms with Crippen LogP contribution in [0, 0.1) is 18.7 Å². The number of rotatable bonds is 6. The molecule has 1 aromatic carbocycles. The second-order valence-corrected chi connectivity index (χ2v) is 6.20. The highest BCUT2D eigenvalue weighted by Gasteiger charge is 2.24. The Labute approximate surface area is 144 Å². The maximum atomic E-state index is 14.2. The summed E-state index contributed by atoms with van der Waals surface area (Å²) in [6.07, 6.45) is 3.71. The number of halogens is 1. The maximum Gasteiger partial charge on any atom is 0.312 e. The van der Waals surface area contributed by atoms with Gasteiger partial charge in [-0.05, 0) is 37.8 Å². The summed E-state index contributed by atoms with van der Waals surface area (Å²) < 4.78 is 32.7. The van der Waals surface area contributed by atoms with E-state index >= 15 is 0 Å². The van der Waals surface area contributed by atoms with Gasteiger partial charge in [-0.15, -0.1) is 0 Å². The van der Waals surface area contributed by atoms with Crippen molar-refractivity contribution in [3.05, 3.63) is 42.0 Å². The molecule has 0 N–H and O–H groups in total. The van der Waals surface area contributed by atoms with Crippen molar-refractivity contribution in [2.45, 2.75) is 19.8 Å². The van der Waals surface area contributed by atoms with Crippen LogP contribution in [-0.2, 0) is 7.05 Å². The van der Waals surface area contributed by atoms with Crippen molar-refractivity contribution in [1.29, 1.82) is 0 Å². The fraction of sp³-hybridized carbons (Fsp3) is 0.333. The Bertz CT molecular complexity index is 899. The first-order chi connectivity index (χ1) is 12.1. The fourth-order valence-corrected chi connectivity index (χ4v) is 2.53. The molecule has 4 rings (SSSR count). The zero-order chi connectivity index (χ0) is 17.4. The molecule has 7 heteroatoms. The van der Waals surface area contributed by atoms with Crippen LogP contribution in [0.25, 0.3) is 11.5 Å². The molecule has 3 aromatic rings. The third-order valence-electron chi connectivity index (χ3n) is 4.01.